The average Bonchev–Trinajstić information content (AvgIpc) is 2.53. The lowest BCUT2D eigenvalue weighted by Crippen LogP contribution is -2.19. The number of benzene rings is 2. The van der Waals surface area contributed by atoms with Crippen LogP contribution in [0.15, 0.2) is 48.5 Å². The number of methoxy groups -OCH3 is 1. The van der Waals surface area contributed by atoms with Crippen LogP contribution in [0.3, 0.4) is 0 Å². The SMILES string of the molecule is COC(C)COc1ccc(C(C)(C)c2ccc(C)cc2)cc1. The Balaban J connectivity index is 2.13. The van der Waals surface area contributed by atoms with E-state index >= 15 is 0 Å². The molecule has 0 aliphatic heterocycles. The van der Waals surface area contributed by atoms with E-state index in [1.165, 1.54) is 16.7 Å². The summed E-state index contributed by atoms with van der Waals surface area (Å²) in [6.07, 6.45) is 0.101. The Morgan fingerprint density at radius 3 is 1.91 bits per heavy atom. The van der Waals surface area contributed by atoms with E-state index in [2.05, 4.69) is 57.2 Å². The molecule has 0 aliphatic rings. The standard InChI is InChI=1S/C20H26O2/c1-15-6-8-17(9-7-15)20(3,4)18-10-12-19(13-11-18)22-14-16(2)21-5/h6-13,16H,14H2,1-5H3. The maximum absolute atomic E-state index is 5.72. The predicted octanol–water partition coefficient (Wildman–Crippen LogP) is 4.73. The fourth-order valence-electron chi connectivity index (χ4n) is 2.39. The van der Waals surface area contributed by atoms with Crippen LogP contribution in [0.1, 0.15) is 37.5 Å². The van der Waals surface area contributed by atoms with Gasteiger partial charge >= 0.3 is 0 Å². The van der Waals surface area contributed by atoms with Crippen molar-refractivity contribution < 1.29 is 9.47 Å². The van der Waals surface area contributed by atoms with Crippen molar-refractivity contribution in [1.29, 1.82) is 0 Å². The molecule has 2 aromatic carbocycles. The van der Waals surface area contributed by atoms with Crippen molar-refractivity contribution >= 4 is 0 Å². The topological polar surface area (TPSA) is 18.5 Å². The van der Waals surface area contributed by atoms with Crippen molar-refractivity contribution in [2.45, 2.75) is 39.2 Å². The second-order valence-corrected chi connectivity index (χ2v) is 6.37. The smallest absolute Gasteiger partial charge is 0.119 e. The van der Waals surface area contributed by atoms with E-state index in [9.17, 15) is 0 Å². The molecule has 0 aliphatic carbocycles. The molecule has 0 amide bonds. The van der Waals surface area contributed by atoms with E-state index in [1.807, 2.05) is 19.1 Å². The largest absolute Gasteiger partial charge is 0.491 e. The highest BCUT2D eigenvalue weighted by atomic mass is 16.5. The second-order valence-electron chi connectivity index (χ2n) is 6.37. The van der Waals surface area contributed by atoms with Gasteiger partial charge in [-0.15, -0.1) is 0 Å². The number of hydrogen-bond donors (Lipinski definition) is 0. The number of hydrogen-bond acceptors (Lipinski definition) is 2. The third-order valence-electron chi connectivity index (χ3n) is 4.24. The zero-order chi connectivity index (χ0) is 16.2. The number of aryl methyl sites for hydroxylation is 1. The predicted molar refractivity (Wildman–Crippen MR) is 91.7 cm³/mol. The fraction of sp³-hybridized carbons (Fsp3) is 0.400. The molecule has 0 bridgehead atoms. The highest BCUT2D eigenvalue weighted by Crippen LogP contribution is 2.32. The van der Waals surface area contributed by atoms with E-state index in [4.69, 9.17) is 9.47 Å². The second kappa shape index (κ2) is 6.97. The van der Waals surface area contributed by atoms with E-state index in [-0.39, 0.29) is 11.5 Å². The quantitative estimate of drug-likeness (QED) is 0.767. The molecule has 1 atom stereocenters. The first-order chi connectivity index (χ1) is 10.4. The Labute approximate surface area is 134 Å². The van der Waals surface area contributed by atoms with Crippen LogP contribution >= 0.6 is 0 Å². The minimum Gasteiger partial charge on any atom is -0.491 e. The Morgan fingerprint density at radius 2 is 1.41 bits per heavy atom. The summed E-state index contributed by atoms with van der Waals surface area (Å²) in [6, 6.07) is 17.1. The molecule has 0 radical (unpaired) electrons. The summed E-state index contributed by atoms with van der Waals surface area (Å²) in [7, 11) is 1.70. The first-order valence-corrected chi connectivity index (χ1v) is 7.77. The molecule has 0 heterocycles. The molecule has 0 spiro atoms. The Kier molecular flexibility index (Phi) is 5.25. The fourth-order valence-corrected chi connectivity index (χ4v) is 2.39. The Morgan fingerprint density at radius 1 is 0.909 bits per heavy atom. The van der Waals surface area contributed by atoms with E-state index in [0.29, 0.717) is 6.61 Å². The molecule has 22 heavy (non-hydrogen) atoms. The summed E-state index contributed by atoms with van der Waals surface area (Å²) < 4.78 is 10.9. The molecule has 0 saturated carbocycles. The van der Waals surface area contributed by atoms with Gasteiger partial charge < -0.3 is 9.47 Å². The lowest BCUT2D eigenvalue weighted by molar-refractivity contribution is 0.0716. The summed E-state index contributed by atoms with van der Waals surface area (Å²) in [4.78, 5) is 0. The van der Waals surface area contributed by atoms with Crippen LogP contribution in [0.2, 0.25) is 0 Å². The van der Waals surface area contributed by atoms with Gasteiger partial charge in [-0.05, 0) is 37.1 Å². The minimum atomic E-state index is -0.0218. The highest BCUT2D eigenvalue weighted by molar-refractivity contribution is 5.40. The van der Waals surface area contributed by atoms with Crippen molar-refractivity contribution in [3.63, 3.8) is 0 Å². The third kappa shape index (κ3) is 3.89. The van der Waals surface area contributed by atoms with Gasteiger partial charge in [-0.2, -0.15) is 0 Å². The molecule has 1 unspecified atom stereocenters. The van der Waals surface area contributed by atoms with Crippen molar-refractivity contribution in [2.24, 2.45) is 0 Å². The van der Waals surface area contributed by atoms with Gasteiger partial charge in [0, 0.05) is 12.5 Å². The Hall–Kier alpha value is -1.80. The van der Waals surface area contributed by atoms with Crippen LogP contribution in [0.5, 0.6) is 5.75 Å². The zero-order valence-electron chi connectivity index (χ0n) is 14.2. The molecule has 2 aromatic rings. The summed E-state index contributed by atoms with van der Waals surface area (Å²) in [5, 5.41) is 0. The highest BCUT2D eigenvalue weighted by Gasteiger charge is 2.22. The molecule has 2 rings (SSSR count). The van der Waals surface area contributed by atoms with Gasteiger partial charge in [-0.3, -0.25) is 0 Å². The van der Waals surface area contributed by atoms with Crippen LogP contribution < -0.4 is 4.74 Å². The van der Waals surface area contributed by atoms with Gasteiger partial charge in [0.15, 0.2) is 0 Å². The van der Waals surface area contributed by atoms with E-state index in [0.717, 1.165) is 5.75 Å². The first kappa shape index (κ1) is 16.6. The molecule has 2 nitrogen and oxygen atoms in total. The molecule has 0 N–H and O–H groups in total. The van der Waals surface area contributed by atoms with E-state index < -0.39 is 0 Å². The van der Waals surface area contributed by atoms with Gasteiger partial charge in [0.1, 0.15) is 12.4 Å². The van der Waals surface area contributed by atoms with Gasteiger partial charge in [-0.25, -0.2) is 0 Å². The van der Waals surface area contributed by atoms with Gasteiger partial charge in [0.05, 0.1) is 6.10 Å². The van der Waals surface area contributed by atoms with Crippen molar-refractivity contribution in [3.05, 3.63) is 65.2 Å². The van der Waals surface area contributed by atoms with Gasteiger partial charge in [0.25, 0.3) is 0 Å². The summed E-state index contributed by atoms with van der Waals surface area (Å²) in [5.74, 6) is 0.882. The summed E-state index contributed by atoms with van der Waals surface area (Å²) in [6.45, 7) is 9.18. The molecule has 0 fully saturated rings. The maximum Gasteiger partial charge on any atom is 0.119 e. The van der Waals surface area contributed by atoms with Crippen molar-refractivity contribution in [3.8, 4) is 5.75 Å². The molecule has 0 saturated heterocycles. The first-order valence-electron chi connectivity index (χ1n) is 7.77. The molecule has 118 valence electrons. The Bertz CT molecular complexity index is 582. The molecule has 0 aromatic heterocycles. The van der Waals surface area contributed by atoms with Crippen LogP contribution in [-0.4, -0.2) is 19.8 Å². The van der Waals surface area contributed by atoms with Crippen LogP contribution in [0, 0.1) is 6.92 Å². The molecular weight excluding hydrogens is 272 g/mol. The van der Waals surface area contributed by atoms with Crippen LogP contribution in [0.25, 0.3) is 0 Å². The van der Waals surface area contributed by atoms with Gasteiger partial charge in [-0.1, -0.05) is 55.8 Å². The van der Waals surface area contributed by atoms with Crippen LogP contribution in [-0.2, 0) is 10.2 Å². The lowest BCUT2D eigenvalue weighted by Gasteiger charge is -2.26. The molecule has 2 heteroatoms. The average molecular weight is 298 g/mol. The van der Waals surface area contributed by atoms with Gasteiger partial charge in [0.2, 0.25) is 0 Å². The normalized spacial score (nSPS) is 13.0. The zero-order valence-corrected chi connectivity index (χ0v) is 14.2. The summed E-state index contributed by atoms with van der Waals surface area (Å²) in [5.41, 5.74) is 3.87. The van der Waals surface area contributed by atoms with Crippen LogP contribution in [0.4, 0.5) is 0 Å². The molecular formula is C20H26O2. The van der Waals surface area contributed by atoms with E-state index in [1.54, 1.807) is 7.11 Å². The van der Waals surface area contributed by atoms with Crippen molar-refractivity contribution in [2.75, 3.05) is 13.7 Å². The number of ether oxygens (including phenoxy) is 2. The number of rotatable bonds is 6. The monoisotopic (exact) mass is 298 g/mol. The maximum atomic E-state index is 5.72. The minimum absolute atomic E-state index is 0.0218. The third-order valence-corrected chi connectivity index (χ3v) is 4.24. The summed E-state index contributed by atoms with van der Waals surface area (Å²) >= 11 is 0. The van der Waals surface area contributed by atoms with Crippen molar-refractivity contribution in [1.82, 2.24) is 0 Å². The lowest BCUT2D eigenvalue weighted by atomic mass is 9.78.